The van der Waals surface area contributed by atoms with Crippen molar-refractivity contribution in [3.8, 4) is 0 Å². The standard InChI is InChI=1S/C6H5N3OS/c1-3-8-5(10)4-2-7-11-6(4)9-3/h2H,1H3,(H,8,9,10). The molecule has 0 bridgehead atoms. The van der Waals surface area contributed by atoms with Crippen molar-refractivity contribution in [3.05, 3.63) is 22.4 Å². The SMILES string of the molecule is Cc1nc2sncc2c(=O)[nH]1. The highest BCUT2D eigenvalue weighted by Gasteiger charge is 2.01. The third kappa shape index (κ3) is 0.932. The van der Waals surface area contributed by atoms with Crippen molar-refractivity contribution in [3.63, 3.8) is 0 Å². The highest BCUT2D eigenvalue weighted by molar-refractivity contribution is 7.12. The Bertz CT molecular complexity index is 444. The lowest BCUT2D eigenvalue weighted by molar-refractivity contribution is 1.07. The van der Waals surface area contributed by atoms with E-state index in [0.717, 1.165) is 0 Å². The summed E-state index contributed by atoms with van der Waals surface area (Å²) in [5, 5.41) is 0.570. The van der Waals surface area contributed by atoms with Gasteiger partial charge < -0.3 is 4.98 Å². The molecule has 2 aromatic heterocycles. The van der Waals surface area contributed by atoms with Crippen molar-refractivity contribution in [2.24, 2.45) is 0 Å². The molecule has 0 amide bonds. The van der Waals surface area contributed by atoms with E-state index >= 15 is 0 Å². The number of aromatic amines is 1. The first kappa shape index (κ1) is 6.48. The third-order valence-corrected chi connectivity index (χ3v) is 2.05. The lowest BCUT2D eigenvalue weighted by Gasteiger charge is -1.88. The maximum atomic E-state index is 11.1. The summed E-state index contributed by atoms with van der Waals surface area (Å²) in [5.74, 6) is 0.631. The molecular formula is C6H5N3OS. The quantitative estimate of drug-likeness (QED) is 0.628. The molecule has 0 saturated heterocycles. The van der Waals surface area contributed by atoms with Crippen LogP contribution in [0, 0.1) is 6.92 Å². The van der Waals surface area contributed by atoms with Crippen molar-refractivity contribution >= 4 is 21.7 Å². The zero-order valence-corrected chi connectivity index (χ0v) is 6.60. The van der Waals surface area contributed by atoms with E-state index in [2.05, 4.69) is 14.3 Å². The fraction of sp³-hybridized carbons (Fsp3) is 0.167. The van der Waals surface area contributed by atoms with Crippen LogP contribution in [-0.2, 0) is 0 Å². The van der Waals surface area contributed by atoms with Crippen LogP contribution in [0.1, 0.15) is 5.82 Å². The first-order valence-corrected chi connectivity index (χ1v) is 3.86. The highest BCUT2D eigenvalue weighted by Crippen LogP contribution is 2.09. The van der Waals surface area contributed by atoms with E-state index in [0.29, 0.717) is 16.0 Å². The minimum Gasteiger partial charge on any atom is -0.310 e. The predicted octanol–water partition coefficient (Wildman–Crippen LogP) is 0.688. The van der Waals surface area contributed by atoms with Gasteiger partial charge in [0.05, 0.1) is 11.6 Å². The topological polar surface area (TPSA) is 58.6 Å². The van der Waals surface area contributed by atoms with Crippen molar-refractivity contribution in [2.75, 3.05) is 0 Å². The summed E-state index contributed by atoms with van der Waals surface area (Å²) in [4.78, 5) is 18.5. The number of fused-ring (bicyclic) bond motifs is 1. The zero-order valence-electron chi connectivity index (χ0n) is 5.79. The molecule has 0 aliphatic carbocycles. The van der Waals surface area contributed by atoms with Crippen LogP contribution < -0.4 is 5.56 Å². The smallest absolute Gasteiger partial charge is 0.261 e. The molecule has 0 saturated carbocycles. The normalized spacial score (nSPS) is 10.6. The molecule has 0 atom stereocenters. The number of nitrogens with one attached hydrogen (secondary N) is 1. The minimum atomic E-state index is -0.110. The van der Waals surface area contributed by atoms with E-state index in [1.165, 1.54) is 17.7 Å². The first-order valence-electron chi connectivity index (χ1n) is 3.08. The average Bonchev–Trinajstić information content (AvgIpc) is 2.34. The molecule has 0 spiro atoms. The van der Waals surface area contributed by atoms with Gasteiger partial charge in [0.15, 0.2) is 4.83 Å². The number of aryl methyl sites for hydroxylation is 1. The summed E-state index contributed by atoms with van der Waals surface area (Å²) < 4.78 is 3.86. The van der Waals surface area contributed by atoms with Gasteiger partial charge in [-0.1, -0.05) is 0 Å². The molecule has 5 heteroatoms. The Labute approximate surface area is 66.1 Å². The van der Waals surface area contributed by atoms with Gasteiger partial charge in [0.2, 0.25) is 0 Å². The second-order valence-corrected chi connectivity index (χ2v) is 2.98. The van der Waals surface area contributed by atoms with Gasteiger partial charge in [0.1, 0.15) is 5.82 Å². The van der Waals surface area contributed by atoms with Crippen LogP contribution in [0.25, 0.3) is 10.2 Å². The zero-order chi connectivity index (χ0) is 7.84. The van der Waals surface area contributed by atoms with Gasteiger partial charge in [-0.3, -0.25) is 4.79 Å². The Balaban J connectivity index is 3.02. The molecule has 0 aliphatic heterocycles. The van der Waals surface area contributed by atoms with E-state index in [9.17, 15) is 4.79 Å². The predicted molar refractivity (Wildman–Crippen MR) is 42.8 cm³/mol. The molecule has 0 radical (unpaired) electrons. The molecule has 2 rings (SSSR count). The molecule has 0 aliphatic rings. The van der Waals surface area contributed by atoms with Gasteiger partial charge in [-0.25, -0.2) is 4.98 Å². The maximum Gasteiger partial charge on any atom is 0.261 e. The summed E-state index contributed by atoms with van der Waals surface area (Å²) in [5.41, 5.74) is -0.110. The van der Waals surface area contributed by atoms with Crippen LogP contribution in [0.4, 0.5) is 0 Å². The van der Waals surface area contributed by atoms with E-state index in [-0.39, 0.29) is 5.56 Å². The van der Waals surface area contributed by atoms with Crippen molar-refractivity contribution in [1.29, 1.82) is 0 Å². The van der Waals surface area contributed by atoms with Gasteiger partial charge in [0.25, 0.3) is 5.56 Å². The molecule has 0 fully saturated rings. The van der Waals surface area contributed by atoms with Gasteiger partial charge in [-0.2, -0.15) is 4.37 Å². The van der Waals surface area contributed by atoms with Crippen LogP contribution >= 0.6 is 11.5 Å². The lowest BCUT2D eigenvalue weighted by atomic mass is 10.4. The largest absolute Gasteiger partial charge is 0.310 e. The van der Waals surface area contributed by atoms with Crippen molar-refractivity contribution < 1.29 is 0 Å². The van der Waals surface area contributed by atoms with Gasteiger partial charge in [-0.15, -0.1) is 0 Å². The highest BCUT2D eigenvalue weighted by atomic mass is 32.1. The Morgan fingerprint density at radius 2 is 2.45 bits per heavy atom. The summed E-state index contributed by atoms with van der Waals surface area (Å²) in [6, 6.07) is 0. The number of H-pyrrole nitrogens is 1. The van der Waals surface area contributed by atoms with E-state index < -0.39 is 0 Å². The van der Waals surface area contributed by atoms with E-state index in [1.54, 1.807) is 6.92 Å². The van der Waals surface area contributed by atoms with Crippen LogP contribution in [0.15, 0.2) is 11.0 Å². The Morgan fingerprint density at radius 3 is 3.27 bits per heavy atom. The Hall–Kier alpha value is -1.23. The molecule has 4 nitrogen and oxygen atoms in total. The summed E-state index contributed by atoms with van der Waals surface area (Å²) >= 11 is 1.23. The van der Waals surface area contributed by atoms with Crippen molar-refractivity contribution in [2.45, 2.75) is 6.92 Å². The summed E-state index contributed by atoms with van der Waals surface area (Å²) in [6.45, 7) is 1.75. The lowest BCUT2D eigenvalue weighted by Crippen LogP contribution is -2.07. The molecule has 1 N–H and O–H groups in total. The maximum absolute atomic E-state index is 11.1. The molecule has 0 aromatic carbocycles. The molecule has 2 heterocycles. The van der Waals surface area contributed by atoms with Crippen LogP contribution in [0.5, 0.6) is 0 Å². The van der Waals surface area contributed by atoms with Crippen LogP contribution in [0.3, 0.4) is 0 Å². The van der Waals surface area contributed by atoms with E-state index in [4.69, 9.17) is 0 Å². The molecule has 0 unspecified atom stereocenters. The molecule has 2 aromatic rings. The van der Waals surface area contributed by atoms with Gasteiger partial charge in [0, 0.05) is 0 Å². The van der Waals surface area contributed by atoms with Crippen LogP contribution in [0.2, 0.25) is 0 Å². The van der Waals surface area contributed by atoms with E-state index in [1.807, 2.05) is 0 Å². The number of nitrogens with zero attached hydrogens (tertiary/aromatic N) is 2. The Morgan fingerprint density at radius 1 is 1.64 bits per heavy atom. The fourth-order valence-corrected chi connectivity index (χ4v) is 1.56. The summed E-state index contributed by atoms with van der Waals surface area (Å²) in [7, 11) is 0. The number of hydrogen-bond donors (Lipinski definition) is 1. The summed E-state index contributed by atoms with van der Waals surface area (Å²) in [6.07, 6.45) is 1.53. The number of aromatic nitrogens is 3. The fourth-order valence-electron chi connectivity index (χ4n) is 0.882. The van der Waals surface area contributed by atoms with Gasteiger partial charge >= 0.3 is 0 Å². The third-order valence-electron chi connectivity index (χ3n) is 1.36. The molecular weight excluding hydrogens is 162 g/mol. The van der Waals surface area contributed by atoms with Crippen molar-refractivity contribution in [1.82, 2.24) is 14.3 Å². The number of rotatable bonds is 0. The molecule has 56 valence electrons. The van der Waals surface area contributed by atoms with Crippen LogP contribution in [-0.4, -0.2) is 14.3 Å². The number of hydrogen-bond acceptors (Lipinski definition) is 4. The molecule has 11 heavy (non-hydrogen) atoms. The monoisotopic (exact) mass is 167 g/mol. The second kappa shape index (κ2) is 2.13. The first-order chi connectivity index (χ1) is 5.27. The average molecular weight is 167 g/mol. The minimum absolute atomic E-state index is 0.110. The second-order valence-electron chi connectivity index (χ2n) is 2.20. The Kier molecular flexibility index (Phi) is 1.25. The van der Waals surface area contributed by atoms with Gasteiger partial charge in [-0.05, 0) is 18.5 Å².